The predicted octanol–water partition coefficient (Wildman–Crippen LogP) is 2.44. The monoisotopic (exact) mass is 340 g/mol. The zero-order chi connectivity index (χ0) is 16.5. The second-order valence-corrected chi connectivity index (χ2v) is 7.18. The molecule has 0 saturated carbocycles. The molecule has 1 saturated heterocycles. The fraction of sp³-hybridized carbons (Fsp3) is 0.588. The van der Waals surface area contributed by atoms with Gasteiger partial charge in [-0.05, 0) is 50.2 Å². The van der Waals surface area contributed by atoms with Crippen LogP contribution in [0.3, 0.4) is 0 Å². The number of ether oxygens (including phenoxy) is 1. The molecule has 1 fully saturated rings. The van der Waals surface area contributed by atoms with Gasteiger partial charge in [-0.25, -0.2) is 4.39 Å². The summed E-state index contributed by atoms with van der Waals surface area (Å²) in [5.74, 6) is 0.516. The van der Waals surface area contributed by atoms with Crippen LogP contribution < -0.4 is 10.6 Å². The maximum absolute atomic E-state index is 12.8. The first-order valence-corrected chi connectivity index (χ1v) is 8.97. The minimum absolute atomic E-state index is 0.0553. The van der Waals surface area contributed by atoms with Gasteiger partial charge in [0.05, 0.1) is 6.61 Å². The molecule has 0 aromatic heterocycles. The lowest BCUT2D eigenvalue weighted by atomic mass is 9.79. The topological polar surface area (TPSA) is 50.4 Å². The van der Waals surface area contributed by atoms with Gasteiger partial charge in [0.1, 0.15) is 5.82 Å². The normalized spacial score (nSPS) is 17.0. The van der Waals surface area contributed by atoms with Gasteiger partial charge in [0.15, 0.2) is 0 Å². The standard InChI is InChI=1S/C17H25FN2O2S/c1-22-13-17(7-9-19-10-8-17)12-20-16(21)6-11-23-15-4-2-14(18)3-5-15/h2-5,19H,6-13H2,1H3,(H,20,21). The molecule has 4 nitrogen and oxygen atoms in total. The largest absolute Gasteiger partial charge is 0.384 e. The molecule has 1 heterocycles. The fourth-order valence-corrected chi connectivity index (χ4v) is 3.65. The van der Waals surface area contributed by atoms with Gasteiger partial charge in [-0.2, -0.15) is 0 Å². The average molecular weight is 340 g/mol. The number of hydrogen-bond donors (Lipinski definition) is 2. The molecular formula is C17H25FN2O2S. The minimum Gasteiger partial charge on any atom is -0.384 e. The summed E-state index contributed by atoms with van der Waals surface area (Å²) in [4.78, 5) is 13.0. The highest BCUT2D eigenvalue weighted by Crippen LogP contribution is 2.28. The van der Waals surface area contributed by atoms with E-state index >= 15 is 0 Å². The Morgan fingerprint density at radius 1 is 1.35 bits per heavy atom. The number of hydrogen-bond acceptors (Lipinski definition) is 4. The Hall–Kier alpha value is -1.11. The Morgan fingerprint density at radius 2 is 2.04 bits per heavy atom. The maximum Gasteiger partial charge on any atom is 0.220 e. The molecule has 1 aliphatic rings. The molecule has 1 amide bonds. The van der Waals surface area contributed by atoms with Crippen LogP contribution in [0.4, 0.5) is 4.39 Å². The Bertz CT molecular complexity index is 484. The number of thioether (sulfide) groups is 1. The van der Waals surface area contributed by atoms with E-state index in [1.54, 1.807) is 31.0 Å². The van der Waals surface area contributed by atoms with Gasteiger partial charge in [-0.1, -0.05) is 0 Å². The predicted molar refractivity (Wildman–Crippen MR) is 91.2 cm³/mol. The van der Waals surface area contributed by atoms with Gasteiger partial charge in [-0.15, -0.1) is 11.8 Å². The zero-order valence-corrected chi connectivity index (χ0v) is 14.4. The van der Waals surface area contributed by atoms with Crippen LogP contribution in [0.25, 0.3) is 0 Å². The Kier molecular flexibility index (Phi) is 7.33. The molecule has 1 aromatic rings. The van der Waals surface area contributed by atoms with E-state index in [4.69, 9.17) is 4.74 Å². The first-order valence-electron chi connectivity index (χ1n) is 7.98. The Morgan fingerprint density at radius 3 is 2.70 bits per heavy atom. The third kappa shape index (κ3) is 6.12. The summed E-state index contributed by atoms with van der Waals surface area (Å²) in [6, 6.07) is 6.35. The molecule has 1 aliphatic heterocycles. The van der Waals surface area contributed by atoms with Crippen LogP contribution in [0.15, 0.2) is 29.2 Å². The van der Waals surface area contributed by atoms with Gasteiger partial charge in [0.2, 0.25) is 5.91 Å². The number of benzene rings is 1. The van der Waals surface area contributed by atoms with Crippen LogP contribution in [-0.4, -0.2) is 45.0 Å². The van der Waals surface area contributed by atoms with Crippen LogP contribution in [0.5, 0.6) is 0 Å². The third-order valence-corrected chi connectivity index (χ3v) is 5.20. The molecule has 0 radical (unpaired) electrons. The Balaban J connectivity index is 1.70. The molecule has 0 spiro atoms. The van der Waals surface area contributed by atoms with E-state index in [9.17, 15) is 9.18 Å². The van der Waals surface area contributed by atoms with Gasteiger partial charge in [0, 0.05) is 36.1 Å². The van der Waals surface area contributed by atoms with Crippen molar-refractivity contribution in [3.63, 3.8) is 0 Å². The zero-order valence-electron chi connectivity index (χ0n) is 13.6. The van der Waals surface area contributed by atoms with Crippen LogP contribution in [0, 0.1) is 11.2 Å². The van der Waals surface area contributed by atoms with Crippen molar-refractivity contribution in [2.24, 2.45) is 5.41 Å². The van der Waals surface area contributed by atoms with E-state index in [1.165, 1.54) is 12.1 Å². The number of rotatable bonds is 8. The third-order valence-electron chi connectivity index (χ3n) is 4.19. The number of piperidine rings is 1. The first-order chi connectivity index (χ1) is 11.1. The van der Waals surface area contributed by atoms with Crippen molar-refractivity contribution in [2.45, 2.75) is 24.2 Å². The molecular weight excluding hydrogens is 315 g/mol. The van der Waals surface area contributed by atoms with Gasteiger partial charge in [0.25, 0.3) is 0 Å². The van der Waals surface area contributed by atoms with Crippen LogP contribution in [0.2, 0.25) is 0 Å². The molecule has 128 valence electrons. The minimum atomic E-state index is -0.238. The van der Waals surface area contributed by atoms with E-state index in [0.717, 1.165) is 30.8 Å². The number of carbonyl (C=O) groups is 1. The summed E-state index contributed by atoms with van der Waals surface area (Å²) in [5, 5.41) is 6.40. The first kappa shape index (κ1) is 18.2. The van der Waals surface area contributed by atoms with Crippen molar-refractivity contribution in [3.8, 4) is 0 Å². The number of halogens is 1. The van der Waals surface area contributed by atoms with Crippen molar-refractivity contribution >= 4 is 17.7 Å². The van der Waals surface area contributed by atoms with E-state index < -0.39 is 0 Å². The molecule has 23 heavy (non-hydrogen) atoms. The van der Waals surface area contributed by atoms with E-state index in [2.05, 4.69) is 10.6 Å². The summed E-state index contributed by atoms with van der Waals surface area (Å²) in [6.07, 6.45) is 2.50. The number of methoxy groups -OCH3 is 1. The fourth-order valence-electron chi connectivity index (χ4n) is 2.80. The number of amides is 1. The number of carbonyl (C=O) groups excluding carboxylic acids is 1. The molecule has 0 bridgehead atoms. The van der Waals surface area contributed by atoms with E-state index in [1.807, 2.05) is 0 Å². The highest BCUT2D eigenvalue weighted by molar-refractivity contribution is 7.99. The molecule has 0 aliphatic carbocycles. The molecule has 1 aromatic carbocycles. The van der Waals surface area contributed by atoms with Crippen molar-refractivity contribution in [2.75, 3.05) is 39.1 Å². The molecule has 2 N–H and O–H groups in total. The summed E-state index contributed by atoms with van der Waals surface area (Å²) in [7, 11) is 1.71. The van der Waals surface area contributed by atoms with Gasteiger partial charge < -0.3 is 15.4 Å². The second kappa shape index (κ2) is 9.25. The molecule has 0 atom stereocenters. The van der Waals surface area contributed by atoms with Crippen LogP contribution >= 0.6 is 11.8 Å². The lowest BCUT2D eigenvalue weighted by molar-refractivity contribution is -0.121. The van der Waals surface area contributed by atoms with Crippen LogP contribution in [-0.2, 0) is 9.53 Å². The summed E-state index contributed by atoms with van der Waals surface area (Å²) in [6.45, 7) is 3.29. The summed E-state index contributed by atoms with van der Waals surface area (Å²) < 4.78 is 18.2. The molecule has 0 unspecified atom stereocenters. The van der Waals surface area contributed by atoms with Gasteiger partial charge >= 0.3 is 0 Å². The average Bonchev–Trinajstić information content (AvgIpc) is 2.56. The van der Waals surface area contributed by atoms with Crippen molar-refractivity contribution < 1.29 is 13.9 Å². The second-order valence-electron chi connectivity index (χ2n) is 6.01. The van der Waals surface area contributed by atoms with Gasteiger partial charge in [-0.3, -0.25) is 4.79 Å². The van der Waals surface area contributed by atoms with E-state index in [0.29, 0.717) is 25.3 Å². The van der Waals surface area contributed by atoms with Crippen molar-refractivity contribution in [3.05, 3.63) is 30.1 Å². The summed E-state index contributed by atoms with van der Waals surface area (Å²) >= 11 is 1.57. The van der Waals surface area contributed by atoms with Crippen LogP contribution in [0.1, 0.15) is 19.3 Å². The lowest BCUT2D eigenvalue weighted by Gasteiger charge is -2.37. The summed E-state index contributed by atoms with van der Waals surface area (Å²) in [5.41, 5.74) is 0.0553. The maximum atomic E-state index is 12.8. The quantitative estimate of drug-likeness (QED) is 0.714. The highest BCUT2D eigenvalue weighted by Gasteiger charge is 2.32. The van der Waals surface area contributed by atoms with Crippen molar-refractivity contribution in [1.82, 2.24) is 10.6 Å². The number of nitrogens with one attached hydrogen (secondary N) is 2. The lowest BCUT2D eigenvalue weighted by Crippen LogP contribution is -2.47. The molecule has 2 rings (SSSR count). The smallest absolute Gasteiger partial charge is 0.220 e. The molecule has 6 heteroatoms. The van der Waals surface area contributed by atoms with Crippen molar-refractivity contribution in [1.29, 1.82) is 0 Å². The SMILES string of the molecule is COCC1(CNC(=O)CCSc2ccc(F)cc2)CCNCC1. The van der Waals surface area contributed by atoms with E-state index in [-0.39, 0.29) is 17.1 Å². The highest BCUT2D eigenvalue weighted by atomic mass is 32.2. The Labute approximate surface area is 141 Å².